The predicted octanol–water partition coefficient (Wildman–Crippen LogP) is 19.3. The van der Waals surface area contributed by atoms with Crippen molar-refractivity contribution in [2.45, 2.75) is 0 Å². The number of fused-ring (bicyclic) bond motifs is 3. The number of benzene rings is 11. The molecule has 1 aromatic heterocycles. The van der Waals surface area contributed by atoms with Crippen LogP contribution in [0.4, 0.5) is 34.1 Å². The highest BCUT2D eigenvalue weighted by molar-refractivity contribution is 7.27. The van der Waals surface area contributed by atoms with Crippen molar-refractivity contribution in [2.24, 2.45) is 0 Å². The monoisotopic (exact) mass is 898 g/mol. The fourth-order valence-corrected chi connectivity index (χ4v) is 11.2. The lowest BCUT2D eigenvalue weighted by Crippen LogP contribution is -2.14. The average molecular weight is 899 g/mol. The van der Waals surface area contributed by atoms with Crippen LogP contribution in [0.15, 0.2) is 279 Å². The van der Waals surface area contributed by atoms with Gasteiger partial charge in [-0.05, 0) is 87.5 Å². The van der Waals surface area contributed by atoms with Gasteiger partial charge in [-0.25, -0.2) is 0 Å². The lowest BCUT2D eigenvalue weighted by molar-refractivity contribution is 1.28. The maximum atomic E-state index is 2.47. The van der Waals surface area contributed by atoms with E-state index in [4.69, 9.17) is 0 Å². The van der Waals surface area contributed by atoms with Gasteiger partial charge in [-0.2, -0.15) is 0 Å². The smallest absolute Gasteiger partial charge is 0.0640 e. The van der Waals surface area contributed by atoms with Crippen LogP contribution >= 0.6 is 11.3 Å². The summed E-state index contributed by atoms with van der Waals surface area (Å²) in [5, 5.41) is 2.52. The molecule has 0 unspecified atom stereocenters. The Morgan fingerprint density at radius 1 is 0.217 bits per heavy atom. The van der Waals surface area contributed by atoms with Crippen LogP contribution in [0.5, 0.6) is 0 Å². The predicted molar refractivity (Wildman–Crippen MR) is 296 cm³/mol. The largest absolute Gasteiger partial charge is 0.309 e. The number of anilines is 6. The molecule has 0 fully saturated rings. The van der Waals surface area contributed by atoms with Gasteiger partial charge in [-0.3, -0.25) is 0 Å². The average Bonchev–Trinajstić information content (AvgIpc) is 3.83. The molecule has 0 amide bonds. The molecule has 0 radical (unpaired) electrons. The van der Waals surface area contributed by atoms with Gasteiger partial charge >= 0.3 is 0 Å². The van der Waals surface area contributed by atoms with Crippen molar-refractivity contribution in [3.63, 3.8) is 0 Å². The van der Waals surface area contributed by atoms with Crippen molar-refractivity contribution in [1.82, 2.24) is 0 Å². The number of hydrogen-bond acceptors (Lipinski definition) is 3. The molecule has 0 aliphatic heterocycles. The van der Waals surface area contributed by atoms with E-state index in [1.165, 1.54) is 42.4 Å². The number of hydrogen-bond donors (Lipinski definition) is 0. The molecule has 0 aliphatic carbocycles. The zero-order valence-corrected chi connectivity index (χ0v) is 38.7. The number of nitrogens with zero attached hydrogens (tertiary/aromatic N) is 2. The topological polar surface area (TPSA) is 6.48 Å². The Balaban J connectivity index is 1.06. The molecular weight excluding hydrogens is 853 g/mol. The van der Waals surface area contributed by atoms with Crippen molar-refractivity contribution in [3.05, 3.63) is 279 Å². The molecule has 0 spiro atoms. The van der Waals surface area contributed by atoms with Crippen molar-refractivity contribution >= 4 is 65.6 Å². The van der Waals surface area contributed by atoms with E-state index >= 15 is 0 Å². The number of rotatable bonds is 11. The second-order valence-electron chi connectivity index (χ2n) is 17.2. The molecule has 0 saturated heterocycles. The lowest BCUT2D eigenvalue weighted by Gasteiger charge is -2.32. The molecule has 326 valence electrons. The molecule has 2 nitrogen and oxygen atoms in total. The summed E-state index contributed by atoms with van der Waals surface area (Å²) >= 11 is 1.88. The van der Waals surface area contributed by atoms with E-state index in [1.807, 2.05) is 11.3 Å². The Hall–Kier alpha value is -8.76. The van der Waals surface area contributed by atoms with Crippen LogP contribution in [0.2, 0.25) is 0 Å². The summed E-state index contributed by atoms with van der Waals surface area (Å²) in [4.78, 5) is 4.92. The van der Waals surface area contributed by atoms with Crippen LogP contribution in [0, 0.1) is 0 Å². The third kappa shape index (κ3) is 7.95. The van der Waals surface area contributed by atoms with E-state index in [9.17, 15) is 0 Å². The summed E-state index contributed by atoms with van der Waals surface area (Å²) in [5.74, 6) is 0. The first kappa shape index (κ1) is 41.7. The lowest BCUT2D eigenvalue weighted by atomic mass is 9.96. The highest BCUT2D eigenvalue weighted by atomic mass is 32.1. The van der Waals surface area contributed by atoms with E-state index in [2.05, 4.69) is 289 Å². The summed E-state index contributed by atoms with van der Waals surface area (Å²) < 4.78 is 2.54. The molecule has 0 saturated carbocycles. The molecule has 0 aliphatic rings. The van der Waals surface area contributed by atoms with Crippen molar-refractivity contribution in [3.8, 4) is 55.6 Å². The number of thiophene rings is 1. The maximum Gasteiger partial charge on any atom is 0.0640 e. The van der Waals surface area contributed by atoms with Crippen LogP contribution in [-0.2, 0) is 0 Å². The summed E-state index contributed by atoms with van der Waals surface area (Å²) in [6, 6.07) is 101. The Morgan fingerprint density at radius 3 is 1.14 bits per heavy atom. The highest BCUT2D eigenvalue weighted by Crippen LogP contribution is 2.50. The Bertz CT molecular complexity index is 3630. The fraction of sp³-hybridized carbons (Fsp3) is 0. The molecular formula is C66H46N2S. The van der Waals surface area contributed by atoms with Crippen molar-refractivity contribution in [1.29, 1.82) is 0 Å². The van der Waals surface area contributed by atoms with E-state index < -0.39 is 0 Å². The molecule has 3 heteroatoms. The van der Waals surface area contributed by atoms with Gasteiger partial charge in [0.2, 0.25) is 0 Å². The van der Waals surface area contributed by atoms with E-state index in [1.54, 1.807) is 0 Å². The molecule has 12 rings (SSSR count). The Kier molecular flexibility index (Phi) is 11.2. The van der Waals surface area contributed by atoms with Gasteiger partial charge in [-0.1, -0.05) is 231 Å². The molecule has 1 heterocycles. The van der Waals surface area contributed by atoms with Gasteiger partial charge in [0.25, 0.3) is 0 Å². The first-order valence-electron chi connectivity index (χ1n) is 23.5. The second kappa shape index (κ2) is 18.5. The molecule has 0 bridgehead atoms. The van der Waals surface area contributed by atoms with Gasteiger partial charge in [0.05, 0.1) is 27.4 Å². The van der Waals surface area contributed by atoms with E-state index in [0.717, 1.165) is 67.5 Å². The van der Waals surface area contributed by atoms with Crippen LogP contribution in [-0.4, -0.2) is 0 Å². The third-order valence-corrected chi connectivity index (χ3v) is 14.4. The zero-order chi connectivity index (χ0) is 45.9. The molecule has 11 aromatic carbocycles. The van der Waals surface area contributed by atoms with Gasteiger partial charge in [-0.15, -0.1) is 11.3 Å². The minimum absolute atomic E-state index is 1.07. The molecule has 0 N–H and O–H groups in total. The van der Waals surface area contributed by atoms with E-state index in [0.29, 0.717) is 0 Å². The minimum atomic E-state index is 1.07. The summed E-state index contributed by atoms with van der Waals surface area (Å²) in [6.07, 6.45) is 0. The normalized spacial score (nSPS) is 11.2. The minimum Gasteiger partial charge on any atom is -0.309 e. The van der Waals surface area contributed by atoms with Crippen molar-refractivity contribution in [2.75, 3.05) is 9.80 Å². The van der Waals surface area contributed by atoms with Crippen LogP contribution in [0.3, 0.4) is 0 Å². The molecule has 69 heavy (non-hydrogen) atoms. The van der Waals surface area contributed by atoms with Crippen LogP contribution in [0.25, 0.3) is 75.8 Å². The van der Waals surface area contributed by atoms with Gasteiger partial charge in [0.1, 0.15) is 0 Å². The Labute approximate surface area is 407 Å². The summed E-state index contributed by atoms with van der Waals surface area (Å²) in [5.41, 5.74) is 18.3. The standard InChI is InChI=1S/C66H46N2S/c1-5-22-47(23-6-1)48-42-44-53(45-43-48)67(64-41-21-37-60-59-36-20-35-58(65(59)69-66(60)64)51-28-11-4-12-29-51)54-31-19-30-52(46-54)57-34-15-18-40-63(57)68(61-38-16-13-32-55(61)49-24-7-2-8-25-49)62-39-17-14-33-56(62)50-26-9-3-10-27-50/h1-46H. The maximum absolute atomic E-state index is 2.47. The van der Waals surface area contributed by atoms with Gasteiger partial charge in [0.15, 0.2) is 0 Å². The first-order chi connectivity index (χ1) is 34.3. The summed E-state index contributed by atoms with van der Waals surface area (Å²) in [6.45, 7) is 0. The third-order valence-electron chi connectivity index (χ3n) is 13.1. The SMILES string of the molecule is c1ccc(-c2ccc(N(c3cccc(-c4ccccc4N(c4ccccc4-c4ccccc4)c4ccccc4-c4ccccc4)c3)c3cccc4c3sc3c(-c5ccccc5)cccc34)cc2)cc1. The fourth-order valence-electron chi connectivity index (χ4n) is 9.86. The molecule has 12 aromatic rings. The Morgan fingerprint density at radius 2 is 0.594 bits per heavy atom. The van der Waals surface area contributed by atoms with E-state index in [-0.39, 0.29) is 0 Å². The number of para-hydroxylation sites is 3. The van der Waals surface area contributed by atoms with Crippen LogP contribution < -0.4 is 9.80 Å². The summed E-state index contributed by atoms with van der Waals surface area (Å²) in [7, 11) is 0. The first-order valence-corrected chi connectivity index (χ1v) is 24.3. The van der Waals surface area contributed by atoms with Gasteiger partial charge < -0.3 is 9.80 Å². The zero-order valence-electron chi connectivity index (χ0n) is 37.9. The highest BCUT2D eigenvalue weighted by Gasteiger charge is 2.25. The van der Waals surface area contributed by atoms with Gasteiger partial charge in [0, 0.05) is 43.5 Å². The van der Waals surface area contributed by atoms with Crippen molar-refractivity contribution < 1.29 is 0 Å². The quantitative estimate of drug-likeness (QED) is 0.128. The molecule has 0 atom stereocenters. The van der Waals surface area contributed by atoms with Crippen LogP contribution in [0.1, 0.15) is 0 Å². The second-order valence-corrected chi connectivity index (χ2v) is 18.2.